The SMILES string of the molecule is C[C@H]1CN(Cc2ccc(C(F)(F)F)cc2N2CC3COCC3C2)CCN1C(=O)n1ccc(C(O)O)n1. The number of aromatic nitrogens is 2. The molecule has 5 rings (SSSR count). The Morgan fingerprint density at radius 1 is 1.14 bits per heavy atom. The van der Waals surface area contributed by atoms with E-state index in [1.807, 2.05) is 6.92 Å². The third-order valence-electron chi connectivity index (χ3n) is 7.42. The van der Waals surface area contributed by atoms with Gasteiger partial charge in [-0.15, -0.1) is 0 Å². The van der Waals surface area contributed by atoms with Crippen LogP contribution in [-0.4, -0.2) is 87.8 Å². The van der Waals surface area contributed by atoms with Gasteiger partial charge < -0.3 is 24.7 Å². The number of amides is 1. The van der Waals surface area contributed by atoms with Crippen LogP contribution >= 0.6 is 0 Å². The number of piperazine rings is 1. The van der Waals surface area contributed by atoms with E-state index in [0.717, 1.165) is 16.3 Å². The van der Waals surface area contributed by atoms with E-state index in [1.165, 1.54) is 18.3 Å². The number of halogens is 3. The van der Waals surface area contributed by atoms with E-state index in [2.05, 4.69) is 14.9 Å². The standard InChI is InChI=1S/C24H30F3N5O4/c1-15-9-29(6-7-31(15)23(35)32-5-4-20(28-32)22(33)34)10-16-2-3-19(24(25,26)27)8-21(16)30-11-17-13-36-14-18(17)12-30/h2-5,8,15,17-18,22,33-34H,6-7,9-14H2,1H3/t15-,17?,18?/m0/s1. The Kier molecular flexibility index (Phi) is 6.70. The number of anilines is 1. The number of aliphatic hydroxyl groups excluding tert-OH is 1. The molecule has 2 unspecified atom stereocenters. The molecule has 3 saturated heterocycles. The molecule has 0 saturated carbocycles. The molecule has 3 aliphatic rings. The number of aliphatic hydroxyl groups is 2. The second-order valence-electron chi connectivity index (χ2n) is 9.92. The number of benzene rings is 1. The maximum absolute atomic E-state index is 13.5. The predicted molar refractivity (Wildman–Crippen MR) is 123 cm³/mol. The van der Waals surface area contributed by atoms with Gasteiger partial charge in [0, 0.05) is 69.0 Å². The van der Waals surface area contributed by atoms with Crippen LogP contribution in [0, 0.1) is 11.8 Å². The lowest BCUT2D eigenvalue weighted by Gasteiger charge is -2.40. The van der Waals surface area contributed by atoms with Gasteiger partial charge in [-0.1, -0.05) is 6.07 Å². The van der Waals surface area contributed by atoms with Crippen molar-refractivity contribution in [3.8, 4) is 0 Å². The molecule has 3 atom stereocenters. The molecule has 1 aromatic carbocycles. The van der Waals surface area contributed by atoms with Crippen molar-refractivity contribution in [2.75, 3.05) is 50.8 Å². The van der Waals surface area contributed by atoms with E-state index in [1.54, 1.807) is 11.0 Å². The van der Waals surface area contributed by atoms with Crippen molar-refractivity contribution in [1.29, 1.82) is 0 Å². The topological polar surface area (TPSA) is 94.3 Å². The van der Waals surface area contributed by atoms with Gasteiger partial charge in [-0.3, -0.25) is 4.90 Å². The van der Waals surface area contributed by atoms with Crippen molar-refractivity contribution in [3.63, 3.8) is 0 Å². The summed E-state index contributed by atoms with van der Waals surface area (Å²) in [5.74, 6) is 0.688. The highest BCUT2D eigenvalue weighted by molar-refractivity contribution is 5.76. The largest absolute Gasteiger partial charge is 0.416 e. The van der Waals surface area contributed by atoms with E-state index in [4.69, 9.17) is 4.74 Å². The highest BCUT2D eigenvalue weighted by Crippen LogP contribution is 2.38. The normalized spacial score (nSPS) is 25.1. The number of ether oxygens (including phenoxy) is 1. The molecule has 3 fully saturated rings. The third-order valence-corrected chi connectivity index (χ3v) is 7.42. The van der Waals surface area contributed by atoms with Gasteiger partial charge in [-0.25, -0.2) is 4.79 Å². The molecule has 0 spiro atoms. The summed E-state index contributed by atoms with van der Waals surface area (Å²) < 4.78 is 47.2. The average Bonchev–Trinajstić information content (AvgIpc) is 3.55. The van der Waals surface area contributed by atoms with Crippen LogP contribution in [0.15, 0.2) is 30.5 Å². The fourth-order valence-electron chi connectivity index (χ4n) is 5.47. The van der Waals surface area contributed by atoms with Crippen molar-refractivity contribution in [3.05, 3.63) is 47.3 Å². The Morgan fingerprint density at radius 2 is 1.86 bits per heavy atom. The van der Waals surface area contributed by atoms with Crippen LogP contribution in [0.3, 0.4) is 0 Å². The zero-order valence-electron chi connectivity index (χ0n) is 19.9. The first kappa shape index (κ1) is 25.0. The number of nitrogens with zero attached hydrogens (tertiary/aromatic N) is 5. The van der Waals surface area contributed by atoms with Crippen LogP contribution in [-0.2, 0) is 17.5 Å². The molecule has 9 nitrogen and oxygen atoms in total. The number of carbonyl (C=O) groups is 1. The highest BCUT2D eigenvalue weighted by Gasteiger charge is 2.39. The summed E-state index contributed by atoms with van der Waals surface area (Å²) >= 11 is 0. The van der Waals surface area contributed by atoms with E-state index in [-0.39, 0.29) is 17.8 Å². The minimum Gasteiger partial charge on any atom is -0.381 e. The molecular formula is C24H30F3N5O4. The Bertz CT molecular complexity index is 1100. The number of hydrogen-bond donors (Lipinski definition) is 2. The molecule has 12 heteroatoms. The molecule has 1 amide bonds. The molecule has 3 aliphatic heterocycles. The quantitative estimate of drug-likeness (QED) is 0.610. The lowest BCUT2D eigenvalue weighted by molar-refractivity contribution is -0.137. The van der Waals surface area contributed by atoms with Gasteiger partial charge in [0.2, 0.25) is 0 Å². The molecule has 1 aromatic heterocycles. The van der Waals surface area contributed by atoms with Crippen LogP contribution in [0.2, 0.25) is 0 Å². The Hall–Kier alpha value is -2.67. The average molecular weight is 510 g/mol. The van der Waals surface area contributed by atoms with E-state index >= 15 is 0 Å². The first-order chi connectivity index (χ1) is 17.1. The van der Waals surface area contributed by atoms with Gasteiger partial charge in [0.15, 0.2) is 6.29 Å². The molecule has 4 heterocycles. The fourth-order valence-corrected chi connectivity index (χ4v) is 5.47. The fraction of sp³-hybridized carbons (Fsp3) is 0.583. The van der Waals surface area contributed by atoms with Crippen molar-refractivity contribution in [2.45, 2.75) is 32.0 Å². The van der Waals surface area contributed by atoms with E-state index in [9.17, 15) is 28.2 Å². The van der Waals surface area contributed by atoms with Crippen LogP contribution in [0.5, 0.6) is 0 Å². The molecule has 2 aromatic rings. The van der Waals surface area contributed by atoms with Crippen LogP contribution in [0.4, 0.5) is 23.7 Å². The highest BCUT2D eigenvalue weighted by atomic mass is 19.4. The van der Waals surface area contributed by atoms with Gasteiger partial charge in [0.05, 0.1) is 18.8 Å². The molecule has 2 N–H and O–H groups in total. The maximum Gasteiger partial charge on any atom is 0.416 e. The lowest BCUT2D eigenvalue weighted by Crippen LogP contribution is -2.54. The molecule has 0 radical (unpaired) electrons. The molecule has 0 bridgehead atoms. The number of alkyl halides is 3. The van der Waals surface area contributed by atoms with Crippen LogP contribution < -0.4 is 4.90 Å². The van der Waals surface area contributed by atoms with Gasteiger partial charge in [-0.05, 0) is 30.7 Å². The van der Waals surface area contributed by atoms with Crippen molar-refractivity contribution < 1.29 is 32.9 Å². The Labute approximate surface area is 206 Å². The first-order valence-electron chi connectivity index (χ1n) is 12.1. The van der Waals surface area contributed by atoms with Crippen molar-refractivity contribution >= 4 is 11.7 Å². The summed E-state index contributed by atoms with van der Waals surface area (Å²) in [6.45, 7) is 6.57. The van der Waals surface area contributed by atoms with Crippen molar-refractivity contribution in [2.24, 2.45) is 11.8 Å². The number of rotatable bonds is 4. The van der Waals surface area contributed by atoms with Crippen LogP contribution in [0.1, 0.15) is 30.0 Å². The third kappa shape index (κ3) is 4.95. The van der Waals surface area contributed by atoms with Gasteiger partial charge >= 0.3 is 12.2 Å². The second-order valence-corrected chi connectivity index (χ2v) is 9.92. The molecule has 0 aliphatic carbocycles. The minimum absolute atomic E-state index is 0.0120. The minimum atomic E-state index is -4.41. The smallest absolute Gasteiger partial charge is 0.381 e. The summed E-state index contributed by atoms with van der Waals surface area (Å²) in [6.07, 6.45) is -4.78. The Morgan fingerprint density at radius 3 is 2.47 bits per heavy atom. The zero-order valence-corrected chi connectivity index (χ0v) is 19.9. The van der Waals surface area contributed by atoms with Gasteiger partial charge in [0.25, 0.3) is 0 Å². The van der Waals surface area contributed by atoms with Crippen LogP contribution in [0.25, 0.3) is 0 Å². The van der Waals surface area contributed by atoms with E-state index in [0.29, 0.717) is 70.0 Å². The van der Waals surface area contributed by atoms with Gasteiger partial charge in [0.1, 0.15) is 5.69 Å². The number of carbonyl (C=O) groups excluding carboxylic acids is 1. The maximum atomic E-state index is 13.5. The second kappa shape index (κ2) is 9.66. The summed E-state index contributed by atoms with van der Waals surface area (Å²) in [7, 11) is 0. The Balaban J connectivity index is 1.29. The molecule has 196 valence electrons. The van der Waals surface area contributed by atoms with E-state index < -0.39 is 18.0 Å². The summed E-state index contributed by atoms with van der Waals surface area (Å²) in [6, 6.07) is 4.83. The molecule has 36 heavy (non-hydrogen) atoms. The summed E-state index contributed by atoms with van der Waals surface area (Å²) in [4.78, 5) is 18.8. The predicted octanol–water partition coefficient (Wildman–Crippen LogP) is 2.14. The molecular weight excluding hydrogens is 479 g/mol. The monoisotopic (exact) mass is 509 g/mol. The number of fused-ring (bicyclic) bond motifs is 1. The first-order valence-corrected chi connectivity index (χ1v) is 12.1. The van der Waals surface area contributed by atoms with Gasteiger partial charge in [-0.2, -0.15) is 23.0 Å². The zero-order chi connectivity index (χ0) is 25.6. The van der Waals surface area contributed by atoms with Crippen molar-refractivity contribution in [1.82, 2.24) is 19.6 Å². The summed E-state index contributed by atoms with van der Waals surface area (Å²) in [5.41, 5.74) is 0.800. The summed E-state index contributed by atoms with van der Waals surface area (Å²) in [5, 5.41) is 22.4. The number of hydrogen-bond acceptors (Lipinski definition) is 7. The lowest BCUT2D eigenvalue weighted by atomic mass is 10.0.